The van der Waals surface area contributed by atoms with Crippen LogP contribution < -0.4 is 0 Å². The lowest BCUT2D eigenvalue weighted by atomic mass is 10.1. The highest BCUT2D eigenvalue weighted by atomic mass is 79.9. The Morgan fingerprint density at radius 3 is 2.60 bits per heavy atom. The molecule has 0 saturated heterocycles. The Hall–Kier alpha value is -1.17. The summed E-state index contributed by atoms with van der Waals surface area (Å²) in [7, 11) is 0. The first kappa shape index (κ1) is 10.4. The van der Waals surface area contributed by atoms with E-state index in [-0.39, 0.29) is 10.9 Å². The van der Waals surface area contributed by atoms with Crippen LogP contribution in [-0.4, -0.2) is 9.97 Å². The highest BCUT2D eigenvalue weighted by molar-refractivity contribution is 9.10. The Bertz CT molecular complexity index is 510. The van der Waals surface area contributed by atoms with Crippen LogP contribution in [0.4, 0.5) is 13.2 Å². The van der Waals surface area contributed by atoms with Crippen LogP contribution in [0, 0.1) is 0 Å². The van der Waals surface area contributed by atoms with Gasteiger partial charge in [0.15, 0.2) is 0 Å². The summed E-state index contributed by atoms with van der Waals surface area (Å²) < 4.78 is 38.3. The monoisotopic (exact) mass is 276 g/mol. The molecule has 1 aromatic heterocycles. The van der Waals surface area contributed by atoms with Crippen molar-refractivity contribution >= 4 is 26.8 Å². The maximum Gasteiger partial charge on any atom is 0.417 e. The van der Waals surface area contributed by atoms with E-state index in [4.69, 9.17) is 0 Å². The minimum atomic E-state index is -4.39. The second-order valence-corrected chi connectivity index (χ2v) is 3.73. The molecule has 78 valence electrons. The zero-order chi connectivity index (χ0) is 11.1. The van der Waals surface area contributed by atoms with Gasteiger partial charge in [0.2, 0.25) is 0 Å². The highest BCUT2D eigenvalue weighted by Gasteiger charge is 2.33. The molecule has 0 unspecified atom stereocenters. The number of nitrogens with zero attached hydrogens (tertiary/aromatic N) is 2. The van der Waals surface area contributed by atoms with Gasteiger partial charge in [-0.1, -0.05) is 0 Å². The van der Waals surface area contributed by atoms with Crippen molar-refractivity contribution in [3.05, 3.63) is 34.7 Å². The van der Waals surface area contributed by atoms with Crippen LogP contribution in [0.25, 0.3) is 10.9 Å². The predicted octanol–water partition coefficient (Wildman–Crippen LogP) is 3.41. The lowest BCUT2D eigenvalue weighted by Crippen LogP contribution is -2.06. The Balaban J connectivity index is 2.84. The summed E-state index contributed by atoms with van der Waals surface area (Å²) in [5.41, 5.74) is -0.457. The van der Waals surface area contributed by atoms with Gasteiger partial charge in [0.25, 0.3) is 0 Å². The lowest BCUT2D eigenvalue weighted by Gasteiger charge is -2.09. The first-order valence-corrected chi connectivity index (χ1v) is 4.75. The van der Waals surface area contributed by atoms with Crippen molar-refractivity contribution in [2.24, 2.45) is 0 Å². The third-order valence-electron chi connectivity index (χ3n) is 1.93. The van der Waals surface area contributed by atoms with Crippen LogP contribution in [0.2, 0.25) is 0 Å². The molecule has 2 nitrogen and oxygen atoms in total. The summed E-state index contributed by atoms with van der Waals surface area (Å²) >= 11 is 3.14. The van der Waals surface area contributed by atoms with Crippen molar-refractivity contribution < 1.29 is 13.2 Å². The summed E-state index contributed by atoms with van der Waals surface area (Å²) in [6.07, 6.45) is -2.01. The van der Waals surface area contributed by atoms with E-state index in [1.54, 1.807) is 0 Å². The van der Waals surface area contributed by atoms with Crippen LogP contribution in [0.3, 0.4) is 0 Å². The fraction of sp³-hybridized carbons (Fsp3) is 0.111. The molecule has 0 atom stereocenters. The molecule has 1 aromatic carbocycles. The normalized spacial score (nSPS) is 12.0. The molecule has 2 aromatic rings. The molecule has 6 heteroatoms. The van der Waals surface area contributed by atoms with Crippen LogP contribution >= 0.6 is 15.9 Å². The van der Waals surface area contributed by atoms with E-state index in [1.165, 1.54) is 12.4 Å². The van der Waals surface area contributed by atoms with Crippen LogP contribution in [0.1, 0.15) is 5.56 Å². The maximum atomic E-state index is 12.6. The number of fused-ring (bicyclic) bond motifs is 1. The average Bonchev–Trinajstić information content (AvgIpc) is 2.17. The van der Waals surface area contributed by atoms with E-state index in [9.17, 15) is 13.2 Å². The summed E-state index contributed by atoms with van der Waals surface area (Å²) in [4.78, 5) is 7.39. The van der Waals surface area contributed by atoms with E-state index in [1.807, 2.05) is 0 Å². The van der Waals surface area contributed by atoms with Crippen molar-refractivity contribution in [3.63, 3.8) is 0 Å². The van der Waals surface area contributed by atoms with E-state index in [2.05, 4.69) is 25.9 Å². The quantitative estimate of drug-likeness (QED) is 0.737. The molecule has 0 aliphatic carbocycles. The fourth-order valence-corrected chi connectivity index (χ4v) is 1.74. The standard InChI is InChI=1S/C9H4BrF3N2/c10-7-2-1-6(9(11,12)13)5-3-14-4-15-8(5)7/h1-4H. The number of aromatic nitrogens is 2. The molecule has 0 fully saturated rings. The predicted molar refractivity (Wildman–Crippen MR) is 52.2 cm³/mol. The molecular weight excluding hydrogens is 273 g/mol. The smallest absolute Gasteiger partial charge is 0.244 e. The summed E-state index contributed by atoms with van der Waals surface area (Å²) in [6.45, 7) is 0. The molecular formula is C9H4BrF3N2. The lowest BCUT2D eigenvalue weighted by molar-refractivity contribution is -0.136. The minimum Gasteiger partial charge on any atom is -0.244 e. The number of rotatable bonds is 0. The molecule has 0 N–H and O–H groups in total. The maximum absolute atomic E-state index is 12.6. The number of hydrogen-bond donors (Lipinski definition) is 0. The third-order valence-corrected chi connectivity index (χ3v) is 2.57. The molecule has 15 heavy (non-hydrogen) atoms. The highest BCUT2D eigenvalue weighted by Crippen LogP contribution is 2.36. The number of halogens is 4. The van der Waals surface area contributed by atoms with Crippen LogP contribution in [-0.2, 0) is 6.18 Å². The number of alkyl halides is 3. The fourth-order valence-electron chi connectivity index (χ4n) is 1.29. The summed E-state index contributed by atoms with van der Waals surface area (Å²) in [5, 5.41) is -0.000579. The van der Waals surface area contributed by atoms with Gasteiger partial charge in [-0.25, -0.2) is 9.97 Å². The Labute approximate surface area is 91.3 Å². The number of benzene rings is 1. The summed E-state index contributed by atoms with van der Waals surface area (Å²) in [5.74, 6) is 0. The van der Waals surface area contributed by atoms with E-state index < -0.39 is 11.7 Å². The second-order valence-electron chi connectivity index (χ2n) is 2.88. The van der Waals surface area contributed by atoms with Gasteiger partial charge >= 0.3 is 6.18 Å². The van der Waals surface area contributed by atoms with Gasteiger partial charge in [-0.3, -0.25) is 0 Å². The Kier molecular flexibility index (Phi) is 2.38. The SMILES string of the molecule is FC(F)(F)c1ccc(Br)c2ncncc12. The van der Waals surface area contributed by atoms with Gasteiger partial charge in [0.1, 0.15) is 6.33 Å². The van der Waals surface area contributed by atoms with Crippen LogP contribution in [0.5, 0.6) is 0 Å². The van der Waals surface area contributed by atoms with Crippen molar-refractivity contribution in [2.75, 3.05) is 0 Å². The molecule has 0 aliphatic heterocycles. The molecule has 0 amide bonds. The Morgan fingerprint density at radius 2 is 1.93 bits per heavy atom. The zero-order valence-corrected chi connectivity index (χ0v) is 8.80. The van der Waals surface area contributed by atoms with Gasteiger partial charge < -0.3 is 0 Å². The minimum absolute atomic E-state index is 0.000579. The average molecular weight is 277 g/mol. The van der Waals surface area contributed by atoms with Gasteiger partial charge in [-0.05, 0) is 28.1 Å². The van der Waals surface area contributed by atoms with E-state index in [0.29, 0.717) is 4.47 Å². The zero-order valence-electron chi connectivity index (χ0n) is 7.22. The second kappa shape index (κ2) is 3.44. The van der Waals surface area contributed by atoms with Gasteiger partial charge in [-0.15, -0.1) is 0 Å². The third kappa shape index (κ3) is 1.81. The van der Waals surface area contributed by atoms with Crippen molar-refractivity contribution in [2.45, 2.75) is 6.18 Å². The van der Waals surface area contributed by atoms with Gasteiger partial charge in [0.05, 0.1) is 11.1 Å². The first-order valence-electron chi connectivity index (χ1n) is 3.95. The van der Waals surface area contributed by atoms with Crippen LogP contribution in [0.15, 0.2) is 29.1 Å². The molecule has 0 spiro atoms. The summed E-state index contributed by atoms with van der Waals surface area (Å²) in [6, 6.07) is 2.34. The van der Waals surface area contributed by atoms with Gasteiger partial charge in [-0.2, -0.15) is 13.2 Å². The molecule has 2 rings (SSSR count). The molecule has 0 saturated carbocycles. The number of hydrogen-bond acceptors (Lipinski definition) is 2. The first-order chi connectivity index (χ1) is 7.00. The molecule has 0 aliphatic rings. The molecule has 0 radical (unpaired) electrons. The van der Waals surface area contributed by atoms with Gasteiger partial charge in [0, 0.05) is 16.1 Å². The Morgan fingerprint density at radius 1 is 1.20 bits per heavy atom. The van der Waals surface area contributed by atoms with E-state index in [0.717, 1.165) is 12.3 Å². The molecule has 0 bridgehead atoms. The molecule has 1 heterocycles. The van der Waals surface area contributed by atoms with Crippen molar-refractivity contribution in [1.82, 2.24) is 9.97 Å². The van der Waals surface area contributed by atoms with Crippen molar-refractivity contribution in [1.29, 1.82) is 0 Å². The van der Waals surface area contributed by atoms with Crippen molar-refractivity contribution in [3.8, 4) is 0 Å². The topological polar surface area (TPSA) is 25.8 Å². The largest absolute Gasteiger partial charge is 0.417 e. The van der Waals surface area contributed by atoms with E-state index >= 15 is 0 Å².